The van der Waals surface area contributed by atoms with E-state index in [2.05, 4.69) is 0 Å². The molecule has 2 heterocycles. The molecular weight excluding hydrogens is 330 g/mol. The molecule has 1 aromatic rings. The van der Waals surface area contributed by atoms with Crippen LogP contribution in [0.3, 0.4) is 0 Å². The van der Waals surface area contributed by atoms with Gasteiger partial charge in [0.2, 0.25) is 5.91 Å². The average Bonchev–Trinajstić information content (AvgIpc) is 2.86. The predicted molar refractivity (Wildman–Crippen MR) is 86.3 cm³/mol. The molecule has 1 atom stereocenters. The summed E-state index contributed by atoms with van der Waals surface area (Å²) in [5.74, 6) is -2.09. The Bertz CT molecular complexity index is 685. The van der Waals surface area contributed by atoms with Crippen LogP contribution in [0.25, 0.3) is 0 Å². The molecule has 136 valence electrons. The molecule has 5 nitrogen and oxygen atoms in total. The smallest absolute Gasteiger partial charge is 0.251 e. The number of aliphatic hydroxyl groups is 1. The van der Waals surface area contributed by atoms with Gasteiger partial charge >= 0.3 is 0 Å². The van der Waals surface area contributed by atoms with Crippen LogP contribution in [0.4, 0.5) is 8.78 Å². The molecular formula is C18H22F2N2O3. The molecule has 1 N–H and O–H groups in total. The van der Waals surface area contributed by atoms with Crippen molar-refractivity contribution in [2.45, 2.75) is 38.8 Å². The van der Waals surface area contributed by atoms with Crippen LogP contribution < -0.4 is 0 Å². The molecule has 0 saturated carbocycles. The monoisotopic (exact) mass is 352 g/mol. The highest BCUT2D eigenvalue weighted by molar-refractivity contribution is 5.81. The summed E-state index contributed by atoms with van der Waals surface area (Å²) >= 11 is 0. The number of nitrogens with zero attached hydrogens (tertiary/aromatic N) is 2. The molecule has 25 heavy (non-hydrogen) atoms. The lowest BCUT2D eigenvalue weighted by atomic mass is 9.77. The quantitative estimate of drug-likeness (QED) is 0.901. The van der Waals surface area contributed by atoms with Gasteiger partial charge in [-0.1, -0.05) is 6.07 Å². The Morgan fingerprint density at radius 1 is 1.28 bits per heavy atom. The number of hydrogen-bond acceptors (Lipinski definition) is 3. The fourth-order valence-corrected chi connectivity index (χ4v) is 3.78. The normalized spacial score (nSPS) is 21.0. The zero-order chi connectivity index (χ0) is 18.2. The lowest BCUT2D eigenvalue weighted by Crippen LogP contribution is -2.47. The largest absolute Gasteiger partial charge is 0.384 e. The Balaban J connectivity index is 1.63. The third kappa shape index (κ3) is 3.66. The van der Waals surface area contributed by atoms with Crippen LogP contribution >= 0.6 is 0 Å². The summed E-state index contributed by atoms with van der Waals surface area (Å²) in [6.45, 7) is 3.32. The van der Waals surface area contributed by atoms with Gasteiger partial charge in [-0.15, -0.1) is 0 Å². The van der Waals surface area contributed by atoms with E-state index in [4.69, 9.17) is 0 Å². The molecule has 1 spiro atoms. The molecule has 3 rings (SSSR count). The summed E-state index contributed by atoms with van der Waals surface area (Å²) < 4.78 is 26.4. The minimum Gasteiger partial charge on any atom is -0.384 e. The van der Waals surface area contributed by atoms with Crippen LogP contribution in [0, 0.1) is 17.0 Å². The molecule has 2 aliphatic heterocycles. The minimum atomic E-state index is -1.01. The molecule has 2 saturated heterocycles. The highest BCUT2D eigenvalue weighted by atomic mass is 19.2. The summed E-state index contributed by atoms with van der Waals surface area (Å²) in [6.07, 6.45) is 0.800. The SMILES string of the molecule is CC(O)C(=O)N1CCC2(CC1)CC(=O)N(Cc1ccc(F)c(F)c1)C2. The lowest BCUT2D eigenvalue weighted by molar-refractivity contribution is -0.141. The second-order valence-electron chi connectivity index (χ2n) is 7.18. The van der Waals surface area contributed by atoms with Crippen molar-refractivity contribution in [1.82, 2.24) is 9.80 Å². The van der Waals surface area contributed by atoms with E-state index in [0.717, 1.165) is 12.1 Å². The minimum absolute atomic E-state index is 0.0000333. The molecule has 2 fully saturated rings. The first-order valence-electron chi connectivity index (χ1n) is 8.48. The molecule has 0 radical (unpaired) electrons. The van der Waals surface area contributed by atoms with Crippen LogP contribution in [0.5, 0.6) is 0 Å². The first kappa shape index (κ1) is 17.8. The maximum absolute atomic E-state index is 13.3. The summed E-state index contributed by atoms with van der Waals surface area (Å²) in [5, 5.41) is 9.41. The van der Waals surface area contributed by atoms with E-state index in [9.17, 15) is 23.5 Å². The zero-order valence-corrected chi connectivity index (χ0v) is 14.2. The fourth-order valence-electron chi connectivity index (χ4n) is 3.78. The highest BCUT2D eigenvalue weighted by Crippen LogP contribution is 2.41. The Morgan fingerprint density at radius 2 is 1.96 bits per heavy atom. The van der Waals surface area contributed by atoms with Crippen molar-refractivity contribution in [2.75, 3.05) is 19.6 Å². The predicted octanol–water partition coefficient (Wildman–Crippen LogP) is 1.69. The summed E-state index contributed by atoms with van der Waals surface area (Å²) in [4.78, 5) is 27.5. The Hall–Kier alpha value is -2.02. The van der Waals surface area contributed by atoms with Gasteiger partial charge in [-0.25, -0.2) is 8.78 Å². The standard InChI is InChI=1S/C18H22F2N2O3/c1-12(23)17(25)21-6-4-18(5-7-21)9-16(24)22(11-18)10-13-2-3-14(19)15(20)8-13/h2-3,8,12,23H,4-7,9-11H2,1H3. The molecule has 0 aliphatic carbocycles. The number of rotatable bonds is 3. The van der Waals surface area contributed by atoms with E-state index in [1.165, 1.54) is 13.0 Å². The second kappa shape index (κ2) is 6.71. The number of aliphatic hydroxyl groups excluding tert-OH is 1. The number of carbonyl (C=O) groups is 2. The van der Waals surface area contributed by atoms with Gasteiger partial charge in [0.15, 0.2) is 11.6 Å². The number of carbonyl (C=O) groups excluding carboxylic acids is 2. The van der Waals surface area contributed by atoms with Crippen molar-refractivity contribution >= 4 is 11.8 Å². The van der Waals surface area contributed by atoms with E-state index >= 15 is 0 Å². The maximum atomic E-state index is 13.3. The highest BCUT2D eigenvalue weighted by Gasteiger charge is 2.45. The zero-order valence-electron chi connectivity index (χ0n) is 14.2. The van der Waals surface area contributed by atoms with Gasteiger partial charge in [0, 0.05) is 38.0 Å². The number of halogens is 2. The Morgan fingerprint density at radius 3 is 2.56 bits per heavy atom. The molecule has 1 aromatic carbocycles. The van der Waals surface area contributed by atoms with E-state index < -0.39 is 17.7 Å². The van der Waals surface area contributed by atoms with Crippen LogP contribution in [0.15, 0.2) is 18.2 Å². The molecule has 7 heteroatoms. The number of benzene rings is 1. The molecule has 1 unspecified atom stereocenters. The van der Waals surface area contributed by atoms with E-state index in [1.54, 1.807) is 9.80 Å². The first-order valence-corrected chi connectivity index (χ1v) is 8.48. The maximum Gasteiger partial charge on any atom is 0.251 e. The van der Waals surface area contributed by atoms with Crippen LogP contribution in [-0.2, 0) is 16.1 Å². The van der Waals surface area contributed by atoms with Gasteiger partial charge in [-0.3, -0.25) is 9.59 Å². The fraction of sp³-hybridized carbons (Fsp3) is 0.556. The van der Waals surface area contributed by atoms with Gasteiger partial charge in [0.25, 0.3) is 5.91 Å². The lowest BCUT2D eigenvalue weighted by Gasteiger charge is -2.39. The Kier molecular flexibility index (Phi) is 4.77. The van der Waals surface area contributed by atoms with E-state index in [-0.39, 0.29) is 23.8 Å². The topological polar surface area (TPSA) is 60.9 Å². The molecule has 2 aliphatic rings. The van der Waals surface area contributed by atoms with Crippen LogP contribution in [0.2, 0.25) is 0 Å². The van der Waals surface area contributed by atoms with Gasteiger partial charge < -0.3 is 14.9 Å². The molecule has 0 aromatic heterocycles. The third-order valence-corrected chi connectivity index (χ3v) is 5.26. The number of amides is 2. The van der Waals surface area contributed by atoms with Crippen LogP contribution in [-0.4, -0.2) is 52.5 Å². The first-order chi connectivity index (χ1) is 11.8. The van der Waals surface area contributed by atoms with Crippen molar-refractivity contribution in [3.05, 3.63) is 35.4 Å². The van der Waals surface area contributed by atoms with Crippen molar-refractivity contribution in [3.63, 3.8) is 0 Å². The van der Waals surface area contributed by atoms with Gasteiger partial charge in [-0.05, 0) is 37.5 Å². The molecule has 2 amide bonds. The molecule has 0 bridgehead atoms. The number of piperidine rings is 1. The van der Waals surface area contributed by atoms with Crippen molar-refractivity contribution in [1.29, 1.82) is 0 Å². The van der Waals surface area contributed by atoms with E-state index in [0.29, 0.717) is 44.5 Å². The van der Waals surface area contributed by atoms with Gasteiger partial charge in [0.05, 0.1) is 0 Å². The van der Waals surface area contributed by atoms with Crippen LogP contribution in [0.1, 0.15) is 31.7 Å². The second-order valence-corrected chi connectivity index (χ2v) is 7.18. The summed E-state index contributed by atoms with van der Waals surface area (Å²) in [6, 6.07) is 3.68. The van der Waals surface area contributed by atoms with Gasteiger partial charge in [0.1, 0.15) is 6.10 Å². The van der Waals surface area contributed by atoms with E-state index in [1.807, 2.05) is 0 Å². The summed E-state index contributed by atoms with van der Waals surface area (Å²) in [5.41, 5.74) is 0.386. The van der Waals surface area contributed by atoms with Crippen molar-refractivity contribution in [2.24, 2.45) is 5.41 Å². The van der Waals surface area contributed by atoms with Crippen molar-refractivity contribution in [3.8, 4) is 0 Å². The Labute approximate surface area is 145 Å². The number of hydrogen-bond donors (Lipinski definition) is 1. The van der Waals surface area contributed by atoms with Gasteiger partial charge in [-0.2, -0.15) is 0 Å². The average molecular weight is 352 g/mol. The van der Waals surface area contributed by atoms with Crippen molar-refractivity contribution < 1.29 is 23.5 Å². The third-order valence-electron chi connectivity index (χ3n) is 5.26. The summed E-state index contributed by atoms with van der Waals surface area (Å²) in [7, 11) is 0. The number of likely N-dealkylation sites (tertiary alicyclic amines) is 2.